The zero-order valence-corrected chi connectivity index (χ0v) is 21.6. The number of morpholine rings is 1. The fourth-order valence-corrected chi connectivity index (χ4v) is 5.33. The third-order valence-electron chi connectivity index (χ3n) is 5.55. The molecule has 1 fully saturated rings. The Balaban J connectivity index is 0.00000324. The number of hydrogen-bond acceptors (Lipinski definition) is 6. The van der Waals surface area contributed by atoms with Crippen LogP contribution in [0.5, 0.6) is 0 Å². The number of benzene rings is 2. The summed E-state index contributed by atoms with van der Waals surface area (Å²) in [6.07, 6.45) is 0.421. The summed E-state index contributed by atoms with van der Waals surface area (Å²) >= 11 is 11.4. The number of halogens is 2. The smallest absolute Gasteiger partial charge is 0.241 e. The van der Waals surface area contributed by atoms with E-state index in [1.807, 2.05) is 34.9 Å². The molecule has 12 heteroatoms. The Kier molecular flexibility index (Phi) is 9.66. The molecule has 0 amide bonds. The van der Waals surface area contributed by atoms with Crippen molar-refractivity contribution in [1.29, 1.82) is 0 Å². The Bertz CT molecular complexity index is 1210. The molecule has 0 spiro atoms. The lowest BCUT2D eigenvalue weighted by molar-refractivity contribution is 0.0362. The molecule has 8 nitrogen and oxygen atoms in total. The number of hydrogen-bond donors (Lipinski definition) is 2. The molecule has 0 bridgehead atoms. The maximum Gasteiger partial charge on any atom is 0.241 e. The highest BCUT2D eigenvalue weighted by molar-refractivity contribution is 7.89. The Morgan fingerprint density at radius 2 is 1.76 bits per heavy atom. The number of rotatable bonds is 9. The van der Waals surface area contributed by atoms with Crippen molar-refractivity contribution in [3.8, 4) is 0 Å². The maximum absolute atomic E-state index is 13.2. The number of nitrogens with one attached hydrogen (secondary N) is 2. The van der Waals surface area contributed by atoms with E-state index in [-0.39, 0.29) is 17.3 Å². The number of aromatic nitrogens is 3. The van der Waals surface area contributed by atoms with Crippen molar-refractivity contribution in [2.45, 2.75) is 23.9 Å². The minimum Gasteiger partial charge on any atom is -0.379 e. The van der Waals surface area contributed by atoms with Gasteiger partial charge in [0.1, 0.15) is 5.82 Å². The lowest BCUT2D eigenvalue weighted by Gasteiger charge is -2.27. The summed E-state index contributed by atoms with van der Waals surface area (Å²) in [4.78, 5) is 2.44. The summed E-state index contributed by atoms with van der Waals surface area (Å²) in [5.74, 6) is 0.551. The summed E-state index contributed by atoms with van der Waals surface area (Å²) in [5.41, 5.74) is 0.981. The molecule has 2 heterocycles. The maximum atomic E-state index is 13.2. The average Bonchev–Trinajstić information content (AvgIpc) is 3.19. The third kappa shape index (κ3) is 6.88. The molecule has 0 aliphatic carbocycles. The highest BCUT2D eigenvalue weighted by Crippen LogP contribution is 2.22. The molecule has 1 atom stereocenters. The van der Waals surface area contributed by atoms with Crippen LogP contribution in [-0.4, -0.2) is 60.9 Å². The van der Waals surface area contributed by atoms with E-state index in [2.05, 4.69) is 19.8 Å². The van der Waals surface area contributed by atoms with Crippen LogP contribution in [0.25, 0.3) is 0 Å². The largest absolute Gasteiger partial charge is 0.379 e. The highest BCUT2D eigenvalue weighted by Gasteiger charge is 2.26. The van der Waals surface area contributed by atoms with Crippen molar-refractivity contribution in [3.63, 3.8) is 0 Å². The van der Waals surface area contributed by atoms with Crippen molar-refractivity contribution < 1.29 is 13.2 Å². The van der Waals surface area contributed by atoms with Gasteiger partial charge in [0.25, 0.3) is 0 Å². The average molecular weight is 545 g/mol. The first-order chi connectivity index (χ1) is 15.9. The predicted molar refractivity (Wildman–Crippen MR) is 137 cm³/mol. The number of sulfonamides is 1. The van der Waals surface area contributed by atoms with Crippen LogP contribution in [0.15, 0.2) is 59.5 Å². The summed E-state index contributed by atoms with van der Waals surface area (Å²) in [6, 6.07) is 15.2. The van der Waals surface area contributed by atoms with E-state index in [0.29, 0.717) is 41.8 Å². The van der Waals surface area contributed by atoms with Gasteiger partial charge in [-0.25, -0.2) is 13.1 Å². The molecule has 1 aliphatic heterocycles. The molecule has 1 aliphatic rings. The molecule has 34 heavy (non-hydrogen) atoms. The van der Waals surface area contributed by atoms with Crippen molar-refractivity contribution in [1.82, 2.24) is 24.4 Å². The molecule has 2 N–H and O–H groups in total. The first-order valence-electron chi connectivity index (χ1n) is 10.7. The lowest BCUT2D eigenvalue weighted by Crippen LogP contribution is -2.39. The third-order valence-corrected chi connectivity index (χ3v) is 7.60. The highest BCUT2D eigenvalue weighted by atomic mass is 35.5. The molecule has 184 valence electrons. The Morgan fingerprint density at radius 3 is 2.44 bits per heavy atom. The molecule has 1 aromatic heterocycles. The van der Waals surface area contributed by atoms with Gasteiger partial charge in [-0.3, -0.25) is 10.00 Å². The van der Waals surface area contributed by atoms with E-state index in [4.69, 9.17) is 28.6 Å². The van der Waals surface area contributed by atoms with Crippen LogP contribution in [0.3, 0.4) is 0 Å². The molecular formula is C22H27Cl2N5O3S2. The fraction of sp³-hybridized carbons (Fsp3) is 0.364. The van der Waals surface area contributed by atoms with Gasteiger partial charge in [-0.2, -0.15) is 5.10 Å². The van der Waals surface area contributed by atoms with Crippen LogP contribution < -0.4 is 4.72 Å². The molecule has 2 aromatic carbocycles. The van der Waals surface area contributed by atoms with Crippen molar-refractivity contribution in [3.05, 3.63) is 75.8 Å². The van der Waals surface area contributed by atoms with Gasteiger partial charge in [0.05, 0.1) is 24.2 Å². The van der Waals surface area contributed by atoms with Crippen LogP contribution in [0.1, 0.15) is 17.4 Å². The molecule has 0 unspecified atom stereocenters. The van der Waals surface area contributed by atoms with Gasteiger partial charge in [-0.1, -0.05) is 41.9 Å². The van der Waals surface area contributed by atoms with E-state index in [1.54, 1.807) is 12.1 Å². The van der Waals surface area contributed by atoms with Gasteiger partial charge in [-0.05, 0) is 48.5 Å². The molecule has 0 radical (unpaired) electrons. The number of ether oxygens (including phenoxy) is 1. The van der Waals surface area contributed by atoms with Crippen LogP contribution in [-0.2, 0) is 27.7 Å². The van der Waals surface area contributed by atoms with Crippen LogP contribution in [0.4, 0.5) is 0 Å². The minimum absolute atomic E-state index is 0. The second-order valence-corrected chi connectivity index (χ2v) is 10.3. The SMILES string of the molecule is Cl.O=S(=O)(N[C@H](Cc1ccccc1)c1n[nH]c(=S)n1CCN1CCOCC1)c1ccc(Cl)cc1. The van der Waals surface area contributed by atoms with E-state index < -0.39 is 16.1 Å². The zero-order valence-electron chi connectivity index (χ0n) is 18.4. The van der Waals surface area contributed by atoms with Gasteiger partial charge in [0.2, 0.25) is 10.0 Å². The second-order valence-electron chi connectivity index (χ2n) is 7.81. The fourth-order valence-electron chi connectivity index (χ4n) is 3.78. The molecule has 4 rings (SSSR count). The van der Waals surface area contributed by atoms with Crippen molar-refractivity contribution in [2.24, 2.45) is 0 Å². The predicted octanol–water partition coefficient (Wildman–Crippen LogP) is 3.61. The zero-order chi connectivity index (χ0) is 23.3. The van der Waals surface area contributed by atoms with E-state index in [1.165, 1.54) is 12.1 Å². The van der Waals surface area contributed by atoms with Crippen LogP contribution in [0.2, 0.25) is 5.02 Å². The van der Waals surface area contributed by atoms with E-state index in [9.17, 15) is 8.42 Å². The lowest BCUT2D eigenvalue weighted by atomic mass is 10.1. The van der Waals surface area contributed by atoms with Crippen molar-refractivity contribution >= 4 is 46.2 Å². The summed E-state index contributed by atoms with van der Waals surface area (Å²) in [7, 11) is -3.82. The van der Waals surface area contributed by atoms with Crippen LogP contribution >= 0.6 is 36.2 Å². The molecule has 0 saturated carbocycles. The monoisotopic (exact) mass is 543 g/mol. The van der Waals surface area contributed by atoms with E-state index >= 15 is 0 Å². The minimum atomic E-state index is -3.82. The first kappa shape index (κ1) is 26.8. The molecule has 3 aromatic rings. The van der Waals surface area contributed by atoms with Gasteiger partial charge in [-0.15, -0.1) is 12.4 Å². The summed E-state index contributed by atoms with van der Waals surface area (Å²) in [5, 5.41) is 7.74. The number of nitrogens with zero attached hydrogens (tertiary/aromatic N) is 3. The summed E-state index contributed by atoms with van der Waals surface area (Å²) in [6.45, 7) is 4.50. The van der Waals surface area contributed by atoms with Crippen molar-refractivity contribution in [2.75, 3.05) is 32.8 Å². The standard InChI is InChI=1S/C22H26ClN5O3S2.ClH/c23-18-6-8-19(9-7-18)33(29,30)26-20(16-17-4-2-1-3-5-17)21-24-25-22(32)28(21)11-10-27-12-14-31-15-13-27;/h1-9,20,26H,10-16H2,(H,25,32);1H/t20-;/m1./s1. The van der Waals surface area contributed by atoms with Gasteiger partial charge in [0, 0.05) is 31.2 Å². The van der Waals surface area contributed by atoms with Gasteiger partial charge in [0.15, 0.2) is 4.77 Å². The number of aromatic amines is 1. The Hall–Kier alpha value is -1.79. The molecule has 1 saturated heterocycles. The quantitative estimate of drug-likeness (QED) is 0.400. The first-order valence-corrected chi connectivity index (χ1v) is 13.0. The van der Waals surface area contributed by atoms with Crippen LogP contribution in [0, 0.1) is 4.77 Å². The molecular weight excluding hydrogens is 517 g/mol. The Labute approximate surface area is 215 Å². The Morgan fingerprint density at radius 1 is 1.09 bits per heavy atom. The van der Waals surface area contributed by atoms with Gasteiger partial charge >= 0.3 is 0 Å². The second kappa shape index (κ2) is 12.3. The number of H-pyrrole nitrogens is 1. The van der Waals surface area contributed by atoms with E-state index in [0.717, 1.165) is 25.2 Å². The topological polar surface area (TPSA) is 92.2 Å². The summed E-state index contributed by atoms with van der Waals surface area (Å²) < 4.78 is 37.0. The van der Waals surface area contributed by atoms with Gasteiger partial charge < -0.3 is 9.30 Å². The normalized spacial score (nSPS) is 15.6.